The van der Waals surface area contributed by atoms with Crippen molar-refractivity contribution in [1.29, 1.82) is 0 Å². The molecule has 1 saturated heterocycles. The number of amides is 2. The SMILES string of the molecule is NC(=O)CN1CCC(NC(=O)[C@@H]2Cc3cc(Cl)ccc3O2)CC1. The van der Waals surface area contributed by atoms with E-state index in [1.807, 2.05) is 11.0 Å². The summed E-state index contributed by atoms with van der Waals surface area (Å²) in [6, 6.07) is 5.51. The van der Waals surface area contributed by atoms with E-state index >= 15 is 0 Å². The maximum absolute atomic E-state index is 12.4. The number of likely N-dealkylation sites (tertiary alicyclic amines) is 1. The van der Waals surface area contributed by atoms with Crippen molar-refractivity contribution in [1.82, 2.24) is 10.2 Å². The molecule has 1 atom stereocenters. The van der Waals surface area contributed by atoms with E-state index in [-0.39, 0.29) is 24.4 Å². The normalized spacial score (nSPS) is 21.5. The van der Waals surface area contributed by atoms with Crippen LogP contribution in [0.4, 0.5) is 0 Å². The predicted molar refractivity (Wildman–Crippen MR) is 86.4 cm³/mol. The molecule has 7 heteroatoms. The summed E-state index contributed by atoms with van der Waals surface area (Å²) < 4.78 is 5.70. The van der Waals surface area contributed by atoms with Gasteiger partial charge in [-0.2, -0.15) is 0 Å². The van der Waals surface area contributed by atoms with E-state index in [1.54, 1.807) is 12.1 Å². The number of hydrogen-bond acceptors (Lipinski definition) is 4. The third kappa shape index (κ3) is 3.95. The number of hydrogen-bond donors (Lipinski definition) is 2. The summed E-state index contributed by atoms with van der Waals surface area (Å²) in [5, 5.41) is 3.69. The Labute approximate surface area is 139 Å². The van der Waals surface area contributed by atoms with Gasteiger partial charge in [0.05, 0.1) is 6.54 Å². The number of nitrogens with two attached hydrogens (primary N) is 1. The van der Waals surface area contributed by atoms with Crippen LogP contribution in [0, 0.1) is 0 Å². The van der Waals surface area contributed by atoms with Crippen molar-refractivity contribution >= 4 is 23.4 Å². The third-order valence-electron chi connectivity index (χ3n) is 4.30. The first-order valence-corrected chi connectivity index (χ1v) is 8.15. The second-order valence-corrected chi connectivity index (χ2v) is 6.52. The molecule has 0 aromatic heterocycles. The van der Waals surface area contributed by atoms with Crippen LogP contribution in [0.15, 0.2) is 18.2 Å². The van der Waals surface area contributed by atoms with E-state index in [0.29, 0.717) is 11.4 Å². The molecule has 124 valence electrons. The van der Waals surface area contributed by atoms with Gasteiger partial charge < -0.3 is 15.8 Å². The van der Waals surface area contributed by atoms with Gasteiger partial charge in [-0.25, -0.2) is 0 Å². The molecule has 6 nitrogen and oxygen atoms in total. The van der Waals surface area contributed by atoms with Gasteiger partial charge in [-0.05, 0) is 36.6 Å². The second-order valence-electron chi connectivity index (χ2n) is 6.09. The highest BCUT2D eigenvalue weighted by molar-refractivity contribution is 6.30. The topological polar surface area (TPSA) is 84.7 Å². The van der Waals surface area contributed by atoms with Crippen LogP contribution < -0.4 is 15.8 Å². The van der Waals surface area contributed by atoms with Crippen LogP contribution in [0.2, 0.25) is 5.02 Å². The summed E-state index contributed by atoms with van der Waals surface area (Å²) >= 11 is 5.96. The van der Waals surface area contributed by atoms with Crippen LogP contribution in [-0.4, -0.2) is 48.5 Å². The molecule has 23 heavy (non-hydrogen) atoms. The zero-order chi connectivity index (χ0) is 16.4. The first-order valence-electron chi connectivity index (χ1n) is 7.77. The molecule has 0 aliphatic carbocycles. The zero-order valence-electron chi connectivity index (χ0n) is 12.8. The number of primary amides is 1. The number of carbonyl (C=O) groups excluding carboxylic acids is 2. The molecule has 2 aliphatic heterocycles. The number of fused-ring (bicyclic) bond motifs is 1. The van der Waals surface area contributed by atoms with Crippen molar-refractivity contribution in [3.63, 3.8) is 0 Å². The fraction of sp³-hybridized carbons (Fsp3) is 0.500. The second kappa shape index (κ2) is 6.76. The van der Waals surface area contributed by atoms with Gasteiger partial charge in [0.15, 0.2) is 6.10 Å². The quantitative estimate of drug-likeness (QED) is 0.847. The molecule has 0 unspecified atom stereocenters. The molecular weight excluding hydrogens is 318 g/mol. The minimum Gasteiger partial charge on any atom is -0.480 e. The molecule has 1 aromatic rings. The Hall–Kier alpha value is -1.79. The van der Waals surface area contributed by atoms with Crippen molar-refractivity contribution in [2.75, 3.05) is 19.6 Å². The average Bonchev–Trinajstić information content (AvgIpc) is 2.92. The van der Waals surface area contributed by atoms with E-state index in [4.69, 9.17) is 22.1 Å². The first-order chi connectivity index (χ1) is 11.0. The minimum absolute atomic E-state index is 0.0920. The molecule has 3 rings (SSSR count). The molecule has 2 amide bonds. The molecule has 2 aliphatic rings. The molecule has 0 saturated carbocycles. The summed E-state index contributed by atoms with van der Waals surface area (Å²) in [6.07, 6.45) is 1.67. The van der Waals surface area contributed by atoms with E-state index in [1.165, 1.54) is 0 Å². The van der Waals surface area contributed by atoms with Crippen LogP contribution >= 0.6 is 11.6 Å². The Morgan fingerprint density at radius 1 is 1.35 bits per heavy atom. The van der Waals surface area contributed by atoms with E-state index in [9.17, 15) is 9.59 Å². The molecule has 2 heterocycles. The number of benzene rings is 1. The van der Waals surface area contributed by atoms with Gasteiger partial charge in [-0.1, -0.05) is 11.6 Å². The lowest BCUT2D eigenvalue weighted by molar-refractivity contribution is -0.128. The molecule has 1 fully saturated rings. The van der Waals surface area contributed by atoms with Gasteiger partial charge in [0, 0.05) is 30.6 Å². The first kappa shape index (κ1) is 16.1. The van der Waals surface area contributed by atoms with E-state index < -0.39 is 6.10 Å². The molecule has 1 aromatic carbocycles. The van der Waals surface area contributed by atoms with Gasteiger partial charge >= 0.3 is 0 Å². The summed E-state index contributed by atoms with van der Waals surface area (Å²) in [6.45, 7) is 1.80. The van der Waals surface area contributed by atoms with Crippen molar-refractivity contribution in [3.05, 3.63) is 28.8 Å². The Bertz CT molecular complexity index is 615. The average molecular weight is 338 g/mol. The van der Waals surface area contributed by atoms with Gasteiger partial charge in [-0.3, -0.25) is 14.5 Å². The number of nitrogens with zero attached hydrogens (tertiary/aromatic N) is 1. The fourth-order valence-electron chi connectivity index (χ4n) is 3.11. The zero-order valence-corrected chi connectivity index (χ0v) is 13.5. The molecule has 0 bridgehead atoms. The standard InChI is InChI=1S/C16H20ClN3O3/c17-11-1-2-13-10(7-11)8-14(23-13)16(22)19-12-3-5-20(6-4-12)9-15(18)21/h1-2,7,12,14H,3-6,8-9H2,(H2,18,21)(H,19,22)/t14-/m0/s1. The number of carbonyl (C=O) groups is 2. The molecular formula is C16H20ClN3O3. The fourth-order valence-corrected chi connectivity index (χ4v) is 3.31. The van der Waals surface area contributed by atoms with E-state index in [0.717, 1.165) is 37.2 Å². The number of nitrogens with one attached hydrogen (secondary N) is 1. The number of rotatable bonds is 4. The van der Waals surface area contributed by atoms with Gasteiger partial charge in [0.25, 0.3) is 5.91 Å². The lowest BCUT2D eigenvalue weighted by Crippen LogP contribution is -2.49. The Morgan fingerprint density at radius 3 is 2.78 bits per heavy atom. The van der Waals surface area contributed by atoms with Gasteiger partial charge in [0.2, 0.25) is 5.91 Å². The van der Waals surface area contributed by atoms with Gasteiger partial charge in [0.1, 0.15) is 5.75 Å². The van der Waals surface area contributed by atoms with Crippen LogP contribution in [0.5, 0.6) is 5.75 Å². The highest BCUT2D eigenvalue weighted by atomic mass is 35.5. The molecule has 0 spiro atoms. The van der Waals surface area contributed by atoms with Crippen LogP contribution in [0.25, 0.3) is 0 Å². The summed E-state index contributed by atoms with van der Waals surface area (Å²) in [5.41, 5.74) is 6.16. The Morgan fingerprint density at radius 2 is 2.09 bits per heavy atom. The molecule has 0 radical (unpaired) electrons. The monoisotopic (exact) mass is 337 g/mol. The highest BCUT2D eigenvalue weighted by Crippen LogP contribution is 2.31. The van der Waals surface area contributed by atoms with Crippen molar-refractivity contribution < 1.29 is 14.3 Å². The number of ether oxygens (including phenoxy) is 1. The molecule has 3 N–H and O–H groups in total. The summed E-state index contributed by atoms with van der Waals surface area (Å²) in [4.78, 5) is 25.3. The summed E-state index contributed by atoms with van der Waals surface area (Å²) in [5.74, 6) is 0.319. The maximum Gasteiger partial charge on any atom is 0.261 e. The lowest BCUT2D eigenvalue weighted by atomic mass is 10.0. The van der Waals surface area contributed by atoms with Crippen LogP contribution in [-0.2, 0) is 16.0 Å². The third-order valence-corrected chi connectivity index (χ3v) is 4.54. The Balaban J connectivity index is 1.49. The van der Waals surface area contributed by atoms with Crippen molar-refractivity contribution in [2.45, 2.75) is 31.4 Å². The maximum atomic E-state index is 12.4. The number of piperidine rings is 1. The minimum atomic E-state index is -0.493. The van der Waals surface area contributed by atoms with E-state index in [2.05, 4.69) is 5.32 Å². The van der Waals surface area contributed by atoms with Crippen molar-refractivity contribution in [2.24, 2.45) is 5.73 Å². The Kier molecular flexibility index (Phi) is 4.73. The smallest absolute Gasteiger partial charge is 0.261 e. The predicted octanol–water partition coefficient (Wildman–Crippen LogP) is 0.709. The highest BCUT2D eigenvalue weighted by Gasteiger charge is 2.31. The van der Waals surface area contributed by atoms with Crippen LogP contribution in [0.3, 0.4) is 0 Å². The number of halogens is 1. The largest absolute Gasteiger partial charge is 0.480 e. The summed E-state index contributed by atoms with van der Waals surface area (Å²) in [7, 11) is 0. The van der Waals surface area contributed by atoms with Crippen LogP contribution in [0.1, 0.15) is 18.4 Å². The lowest BCUT2D eigenvalue weighted by Gasteiger charge is -2.31. The van der Waals surface area contributed by atoms with Gasteiger partial charge in [-0.15, -0.1) is 0 Å². The van der Waals surface area contributed by atoms with Crippen molar-refractivity contribution in [3.8, 4) is 5.75 Å².